The molecule has 0 aromatic rings. The molecule has 4 nitrogen and oxygen atoms in total. The van der Waals surface area contributed by atoms with Crippen LogP contribution in [0.2, 0.25) is 5.82 Å². The number of hydrogen-bond acceptors (Lipinski definition) is 3. The lowest BCUT2D eigenvalue weighted by Crippen LogP contribution is -2.13. The van der Waals surface area contributed by atoms with E-state index in [1.54, 1.807) is 0 Å². The largest absolute Gasteiger partial charge is 0.379 e. The number of rotatable bonds is 6. The maximum absolute atomic E-state index is 13.3. The van der Waals surface area contributed by atoms with Gasteiger partial charge in [0.15, 0.2) is 5.90 Å². The molecular weight excluding hydrogens is 283 g/mol. The summed E-state index contributed by atoms with van der Waals surface area (Å²) in [5, 5.41) is 0. The van der Waals surface area contributed by atoms with Crippen LogP contribution in [0.1, 0.15) is 26.2 Å². The smallest absolute Gasteiger partial charge is 0.321 e. The van der Waals surface area contributed by atoms with Gasteiger partial charge in [-0.3, -0.25) is 9.13 Å². The first-order valence-electron chi connectivity index (χ1n) is 5.83. The molecule has 1 fully saturated rings. The van der Waals surface area contributed by atoms with Crippen LogP contribution in [0.15, 0.2) is 0 Å². The number of halogens is 2. The summed E-state index contributed by atoms with van der Waals surface area (Å²) in [6, 6.07) is 0. The van der Waals surface area contributed by atoms with E-state index in [9.17, 15) is 17.5 Å². The molecule has 0 aromatic carbocycles. The highest BCUT2D eigenvalue weighted by molar-refractivity contribution is 7.70. The fourth-order valence-electron chi connectivity index (χ4n) is 2.42. The normalized spacial score (nSPS) is 35.0. The van der Waals surface area contributed by atoms with Crippen molar-refractivity contribution in [1.82, 2.24) is 0 Å². The molecule has 5 unspecified atom stereocenters. The van der Waals surface area contributed by atoms with Crippen molar-refractivity contribution in [3.63, 3.8) is 0 Å². The van der Waals surface area contributed by atoms with Crippen molar-refractivity contribution in [2.75, 3.05) is 12.5 Å². The van der Waals surface area contributed by atoms with Gasteiger partial charge in [-0.2, -0.15) is 8.39 Å². The molecule has 2 radical (unpaired) electrons. The van der Waals surface area contributed by atoms with Gasteiger partial charge in [-0.1, -0.05) is 32.0 Å². The zero-order valence-electron chi connectivity index (χ0n) is 10.2. The fourth-order valence-corrected chi connectivity index (χ4v) is 4.83. The minimum Gasteiger partial charge on any atom is -0.321 e. The molecule has 1 aliphatic rings. The van der Waals surface area contributed by atoms with Gasteiger partial charge in [0.25, 0.3) is 0 Å². The SMILES string of the molecule is [B]C1CC(CC)C(COP(=O)(F)CP(=O)(O)F)C1. The van der Waals surface area contributed by atoms with E-state index in [0.717, 1.165) is 12.8 Å². The molecule has 0 saturated heterocycles. The zero-order valence-corrected chi connectivity index (χ0v) is 12.0. The van der Waals surface area contributed by atoms with Crippen molar-refractivity contribution in [1.29, 1.82) is 0 Å². The van der Waals surface area contributed by atoms with Crippen molar-refractivity contribution in [3.8, 4) is 0 Å². The molecule has 0 aliphatic heterocycles. The van der Waals surface area contributed by atoms with Crippen LogP contribution in [0.5, 0.6) is 0 Å². The third-order valence-electron chi connectivity index (χ3n) is 3.23. The second-order valence-corrected chi connectivity index (χ2v) is 8.61. The average Bonchev–Trinajstić information content (AvgIpc) is 2.52. The highest BCUT2D eigenvalue weighted by Crippen LogP contribution is 2.62. The molecule has 9 heteroatoms. The molecule has 1 saturated carbocycles. The monoisotopic (exact) mass is 300 g/mol. The van der Waals surface area contributed by atoms with Crippen LogP contribution in [0.25, 0.3) is 0 Å². The molecule has 0 spiro atoms. The topological polar surface area (TPSA) is 63.6 Å². The zero-order chi connectivity index (χ0) is 14.0. The highest BCUT2D eigenvalue weighted by Gasteiger charge is 2.37. The first-order valence-corrected chi connectivity index (χ1v) is 9.27. The van der Waals surface area contributed by atoms with Gasteiger partial charge in [0, 0.05) is 0 Å². The van der Waals surface area contributed by atoms with Gasteiger partial charge in [-0.25, -0.2) is 0 Å². The van der Waals surface area contributed by atoms with Gasteiger partial charge < -0.3 is 9.42 Å². The van der Waals surface area contributed by atoms with Gasteiger partial charge >= 0.3 is 15.4 Å². The van der Waals surface area contributed by atoms with Gasteiger partial charge in [-0.15, -0.1) is 0 Å². The Balaban J connectivity index is 2.49. The van der Waals surface area contributed by atoms with Gasteiger partial charge in [0.2, 0.25) is 0 Å². The Hall–Kier alpha value is 0.305. The lowest BCUT2D eigenvalue weighted by molar-refractivity contribution is 0.201. The molecule has 104 valence electrons. The molecule has 18 heavy (non-hydrogen) atoms. The van der Waals surface area contributed by atoms with Crippen LogP contribution in [-0.4, -0.2) is 25.2 Å². The van der Waals surface area contributed by atoms with E-state index in [1.165, 1.54) is 0 Å². The summed E-state index contributed by atoms with van der Waals surface area (Å²) in [6.07, 6.45) is 2.27. The Labute approximate surface area is 107 Å². The third kappa shape index (κ3) is 5.52. The Kier molecular flexibility index (Phi) is 5.61. The molecule has 0 bridgehead atoms. The van der Waals surface area contributed by atoms with E-state index in [0.29, 0.717) is 6.42 Å². The first-order chi connectivity index (χ1) is 8.13. The lowest BCUT2D eigenvalue weighted by Gasteiger charge is -2.19. The quantitative estimate of drug-likeness (QED) is 0.600. The van der Waals surface area contributed by atoms with Crippen molar-refractivity contribution in [2.24, 2.45) is 11.8 Å². The molecule has 0 aromatic heterocycles. The molecule has 5 atom stereocenters. The summed E-state index contributed by atoms with van der Waals surface area (Å²) in [7, 11) is -4.25. The summed E-state index contributed by atoms with van der Waals surface area (Å²) in [4.78, 5) is 8.36. The highest BCUT2D eigenvalue weighted by atomic mass is 31.3. The van der Waals surface area contributed by atoms with Gasteiger partial charge in [0.05, 0.1) is 14.5 Å². The summed E-state index contributed by atoms with van der Waals surface area (Å²) < 4.78 is 51.8. The molecule has 1 aliphatic carbocycles. The van der Waals surface area contributed by atoms with Crippen LogP contribution in [0.4, 0.5) is 8.39 Å². The van der Waals surface area contributed by atoms with Crippen LogP contribution in [0, 0.1) is 11.8 Å². The Bertz CT molecular complexity index is 376. The van der Waals surface area contributed by atoms with Gasteiger partial charge in [-0.05, 0) is 11.8 Å². The van der Waals surface area contributed by atoms with E-state index in [-0.39, 0.29) is 24.3 Å². The maximum atomic E-state index is 13.3. The van der Waals surface area contributed by atoms with Crippen molar-refractivity contribution in [3.05, 3.63) is 0 Å². The van der Waals surface area contributed by atoms with Crippen LogP contribution < -0.4 is 0 Å². The second-order valence-electron chi connectivity index (χ2n) is 4.80. The van der Waals surface area contributed by atoms with Crippen molar-refractivity contribution < 1.29 is 26.9 Å². The summed E-state index contributed by atoms with van der Waals surface area (Å²) in [6.45, 7) is 1.81. The summed E-state index contributed by atoms with van der Waals surface area (Å²) in [5.74, 6) is -1.35. The van der Waals surface area contributed by atoms with Crippen LogP contribution in [0.3, 0.4) is 0 Å². The van der Waals surface area contributed by atoms with Crippen LogP contribution in [-0.2, 0) is 13.7 Å². The molecule has 1 rings (SSSR count). The predicted octanol–water partition coefficient (Wildman–Crippen LogP) is 3.67. The Morgan fingerprint density at radius 1 is 1.33 bits per heavy atom. The van der Waals surface area contributed by atoms with Crippen molar-refractivity contribution >= 4 is 23.2 Å². The first kappa shape index (κ1) is 16.4. The van der Waals surface area contributed by atoms with E-state index in [4.69, 9.17) is 12.7 Å². The Morgan fingerprint density at radius 2 is 1.89 bits per heavy atom. The minimum atomic E-state index is -5.17. The molecule has 0 heterocycles. The Morgan fingerprint density at radius 3 is 2.39 bits per heavy atom. The minimum absolute atomic E-state index is 0.00710. The summed E-state index contributed by atoms with van der Waals surface area (Å²) in [5.41, 5.74) is 0. The number of hydrogen-bond donors (Lipinski definition) is 1. The lowest BCUT2D eigenvalue weighted by atomic mass is 9.85. The van der Waals surface area contributed by atoms with E-state index < -0.39 is 21.3 Å². The van der Waals surface area contributed by atoms with E-state index in [1.807, 2.05) is 6.92 Å². The second kappa shape index (κ2) is 6.17. The molecular formula is C9H17BF2O4P2. The van der Waals surface area contributed by atoms with Crippen molar-refractivity contribution in [2.45, 2.75) is 32.0 Å². The average molecular weight is 300 g/mol. The van der Waals surface area contributed by atoms with Gasteiger partial charge in [0.1, 0.15) is 0 Å². The predicted molar refractivity (Wildman–Crippen MR) is 66.5 cm³/mol. The van der Waals surface area contributed by atoms with E-state index >= 15 is 0 Å². The van der Waals surface area contributed by atoms with Crippen LogP contribution >= 0.6 is 15.4 Å². The summed E-state index contributed by atoms with van der Waals surface area (Å²) >= 11 is 0. The third-order valence-corrected chi connectivity index (χ3v) is 6.51. The molecule has 1 N–H and O–H groups in total. The fraction of sp³-hybridized carbons (Fsp3) is 1.00. The maximum Gasteiger partial charge on any atom is 0.379 e. The standard InChI is InChI=1S/C9H17BF2O4P2/c1-2-7-3-9(10)4-8(7)5-16-18(12,15)6-17(11,13)14/h7-9H,2-6H2,1H3,(H,13,14). The van der Waals surface area contributed by atoms with E-state index in [2.05, 4.69) is 4.52 Å². The molecule has 0 amide bonds.